The van der Waals surface area contributed by atoms with Crippen LogP contribution in [0.2, 0.25) is 0 Å². The highest BCUT2D eigenvalue weighted by molar-refractivity contribution is 7.16. The Bertz CT molecular complexity index is 437. The Kier molecular flexibility index (Phi) is 3.43. The number of hydrogen-bond acceptors (Lipinski definition) is 4. The zero-order valence-corrected chi connectivity index (χ0v) is 11.4. The van der Waals surface area contributed by atoms with E-state index in [9.17, 15) is 4.79 Å². The largest absolute Gasteiger partial charge is 0.459 e. The summed E-state index contributed by atoms with van der Waals surface area (Å²) in [5, 5.41) is 0.620. The van der Waals surface area contributed by atoms with Gasteiger partial charge in [0.05, 0.1) is 11.7 Å². The lowest BCUT2D eigenvalue weighted by molar-refractivity contribution is 0.0377. The van der Waals surface area contributed by atoms with Crippen molar-refractivity contribution >= 4 is 22.3 Å². The van der Waals surface area contributed by atoms with Crippen molar-refractivity contribution in [3.05, 3.63) is 16.0 Å². The molecule has 17 heavy (non-hydrogen) atoms. The molecule has 1 aliphatic rings. The van der Waals surface area contributed by atoms with Gasteiger partial charge in [0.15, 0.2) is 0 Å². The van der Waals surface area contributed by atoms with Crippen LogP contribution < -0.4 is 5.73 Å². The minimum Gasteiger partial charge on any atom is -0.459 e. The SMILES string of the molecule is CC(C)OC(=O)c1c(N)sc2c1C(C)CCC2. The molecular weight excluding hydrogens is 234 g/mol. The van der Waals surface area contributed by atoms with Gasteiger partial charge in [0, 0.05) is 4.88 Å². The number of nitrogens with two attached hydrogens (primary N) is 1. The molecule has 0 amide bonds. The van der Waals surface area contributed by atoms with E-state index in [1.165, 1.54) is 11.3 Å². The standard InChI is InChI=1S/C13H19NO2S/c1-7(2)16-13(15)11-10-8(3)5-4-6-9(10)17-12(11)14/h7-8H,4-6,14H2,1-3H3. The molecule has 4 heteroatoms. The Morgan fingerprint density at radius 1 is 1.53 bits per heavy atom. The number of aryl methyl sites for hydroxylation is 1. The average molecular weight is 253 g/mol. The van der Waals surface area contributed by atoms with Crippen LogP contribution in [0, 0.1) is 0 Å². The Morgan fingerprint density at radius 2 is 2.24 bits per heavy atom. The number of ether oxygens (including phenoxy) is 1. The zero-order chi connectivity index (χ0) is 12.6. The van der Waals surface area contributed by atoms with E-state index >= 15 is 0 Å². The van der Waals surface area contributed by atoms with Crippen molar-refractivity contribution < 1.29 is 9.53 Å². The molecule has 3 nitrogen and oxygen atoms in total. The monoisotopic (exact) mass is 253 g/mol. The van der Waals surface area contributed by atoms with Crippen LogP contribution in [0.25, 0.3) is 0 Å². The Hall–Kier alpha value is -1.03. The molecule has 1 heterocycles. The molecule has 0 saturated heterocycles. The first kappa shape index (κ1) is 12.4. The summed E-state index contributed by atoms with van der Waals surface area (Å²) in [4.78, 5) is 13.3. The molecule has 1 atom stereocenters. The molecule has 0 fully saturated rings. The highest BCUT2D eigenvalue weighted by atomic mass is 32.1. The highest BCUT2D eigenvalue weighted by Crippen LogP contribution is 2.42. The molecule has 1 aromatic rings. The lowest BCUT2D eigenvalue weighted by atomic mass is 9.86. The minimum atomic E-state index is -0.260. The van der Waals surface area contributed by atoms with E-state index in [0.29, 0.717) is 16.5 Å². The lowest BCUT2D eigenvalue weighted by Gasteiger charge is -2.20. The number of rotatable bonds is 2. The number of nitrogen functional groups attached to an aromatic ring is 1. The summed E-state index contributed by atoms with van der Waals surface area (Å²) in [6.07, 6.45) is 3.26. The first-order valence-corrected chi connectivity index (χ1v) is 6.94. The van der Waals surface area contributed by atoms with E-state index < -0.39 is 0 Å². The predicted octanol–water partition coefficient (Wildman–Crippen LogP) is 3.34. The third kappa shape index (κ3) is 2.32. The molecule has 0 spiro atoms. The van der Waals surface area contributed by atoms with Gasteiger partial charge in [-0.25, -0.2) is 4.79 Å². The fourth-order valence-corrected chi connectivity index (χ4v) is 3.63. The number of hydrogen-bond donors (Lipinski definition) is 1. The zero-order valence-electron chi connectivity index (χ0n) is 10.6. The van der Waals surface area contributed by atoms with Crippen molar-refractivity contribution in [2.24, 2.45) is 0 Å². The van der Waals surface area contributed by atoms with Gasteiger partial charge < -0.3 is 10.5 Å². The lowest BCUT2D eigenvalue weighted by Crippen LogP contribution is -2.16. The van der Waals surface area contributed by atoms with Crippen molar-refractivity contribution in [2.45, 2.75) is 52.1 Å². The Balaban J connectivity index is 2.40. The predicted molar refractivity (Wildman–Crippen MR) is 70.6 cm³/mol. The number of carbonyl (C=O) groups excluding carboxylic acids is 1. The molecule has 1 aromatic heterocycles. The molecule has 0 radical (unpaired) electrons. The van der Waals surface area contributed by atoms with Crippen LogP contribution >= 0.6 is 11.3 Å². The van der Waals surface area contributed by atoms with E-state index in [1.54, 1.807) is 11.3 Å². The highest BCUT2D eigenvalue weighted by Gasteiger charge is 2.29. The summed E-state index contributed by atoms with van der Waals surface area (Å²) in [5.74, 6) is 0.158. The van der Waals surface area contributed by atoms with E-state index in [4.69, 9.17) is 10.5 Å². The smallest absolute Gasteiger partial charge is 0.341 e. The van der Waals surface area contributed by atoms with Gasteiger partial charge in [-0.2, -0.15) is 0 Å². The van der Waals surface area contributed by atoms with Crippen molar-refractivity contribution in [2.75, 3.05) is 5.73 Å². The third-order valence-corrected chi connectivity index (χ3v) is 4.22. The maximum absolute atomic E-state index is 12.1. The van der Waals surface area contributed by atoms with E-state index in [2.05, 4.69) is 6.92 Å². The van der Waals surface area contributed by atoms with Crippen molar-refractivity contribution in [1.82, 2.24) is 0 Å². The Labute approximate surface area is 106 Å². The first-order valence-electron chi connectivity index (χ1n) is 6.12. The number of esters is 1. The fourth-order valence-electron chi connectivity index (χ4n) is 2.41. The van der Waals surface area contributed by atoms with Gasteiger partial charge in [-0.3, -0.25) is 0 Å². The molecule has 1 unspecified atom stereocenters. The second-order valence-electron chi connectivity index (χ2n) is 4.93. The van der Waals surface area contributed by atoms with Gasteiger partial charge in [-0.15, -0.1) is 11.3 Å². The van der Waals surface area contributed by atoms with Gasteiger partial charge in [-0.05, 0) is 44.6 Å². The van der Waals surface area contributed by atoms with Crippen LogP contribution in [0.4, 0.5) is 5.00 Å². The summed E-state index contributed by atoms with van der Waals surface area (Å²) in [7, 11) is 0. The quantitative estimate of drug-likeness (QED) is 0.822. The first-order chi connectivity index (χ1) is 8.00. The summed E-state index contributed by atoms with van der Waals surface area (Å²) in [6, 6.07) is 0. The van der Waals surface area contributed by atoms with Gasteiger partial charge in [0.25, 0.3) is 0 Å². The van der Waals surface area contributed by atoms with Crippen LogP contribution in [-0.2, 0) is 11.2 Å². The number of thiophene rings is 1. The molecule has 0 aliphatic heterocycles. The summed E-state index contributed by atoms with van der Waals surface area (Å²) in [6.45, 7) is 5.88. The van der Waals surface area contributed by atoms with Crippen LogP contribution in [0.15, 0.2) is 0 Å². The molecule has 1 aliphatic carbocycles. The maximum Gasteiger partial charge on any atom is 0.341 e. The topological polar surface area (TPSA) is 52.3 Å². The normalized spacial score (nSPS) is 19.2. The molecule has 2 rings (SSSR count). The van der Waals surface area contributed by atoms with Crippen molar-refractivity contribution in [1.29, 1.82) is 0 Å². The summed E-state index contributed by atoms with van der Waals surface area (Å²) < 4.78 is 5.28. The van der Waals surface area contributed by atoms with Gasteiger partial charge in [0.2, 0.25) is 0 Å². The maximum atomic E-state index is 12.1. The van der Waals surface area contributed by atoms with E-state index in [1.807, 2.05) is 13.8 Å². The van der Waals surface area contributed by atoms with E-state index in [-0.39, 0.29) is 12.1 Å². The molecule has 0 bridgehead atoms. The number of carbonyl (C=O) groups is 1. The average Bonchev–Trinajstić information content (AvgIpc) is 2.54. The van der Waals surface area contributed by atoms with Crippen molar-refractivity contribution in [3.8, 4) is 0 Å². The number of anilines is 1. The van der Waals surface area contributed by atoms with Gasteiger partial charge in [0.1, 0.15) is 5.00 Å². The fraction of sp³-hybridized carbons (Fsp3) is 0.615. The molecule has 0 saturated carbocycles. The van der Waals surface area contributed by atoms with Gasteiger partial charge >= 0.3 is 5.97 Å². The minimum absolute atomic E-state index is 0.101. The molecule has 0 aromatic carbocycles. The molecule has 94 valence electrons. The summed E-state index contributed by atoms with van der Waals surface area (Å²) in [5.41, 5.74) is 7.75. The van der Waals surface area contributed by atoms with Crippen LogP contribution in [-0.4, -0.2) is 12.1 Å². The van der Waals surface area contributed by atoms with E-state index in [0.717, 1.165) is 18.4 Å². The van der Waals surface area contributed by atoms with Crippen LogP contribution in [0.1, 0.15) is 60.3 Å². The summed E-state index contributed by atoms with van der Waals surface area (Å²) >= 11 is 1.55. The third-order valence-electron chi connectivity index (χ3n) is 3.13. The second kappa shape index (κ2) is 4.69. The van der Waals surface area contributed by atoms with Gasteiger partial charge in [-0.1, -0.05) is 6.92 Å². The number of fused-ring (bicyclic) bond motifs is 1. The molecule has 2 N–H and O–H groups in total. The Morgan fingerprint density at radius 3 is 2.88 bits per heavy atom. The van der Waals surface area contributed by atoms with Crippen LogP contribution in [0.5, 0.6) is 0 Å². The molecular formula is C13H19NO2S. The van der Waals surface area contributed by atoms with Crippen molar-refractivity contribution in [3.63, 3.8) is 0 Å². The van der Waals surface area contributed by atoms with Crippen LogP contribution in [0.3, 0.4) is 0 Å². The second-order valence-corrected chi connectivity index (χ2v) is 6.06.